The predicted molar refractivity (Wildman–Crippen MR) is 86.9 cm³/mol. The van der Waals surface area contributed by atoms with Crippen molar-refractivity contribution in [2.75, 3.05) is 6.61 Å². The molecule has 2 heteroatoms. The Balaban J connectivity index is 2.16. The number of esters is 1. The Morgan fingerprint density at radius 1 is 1.29 bits per heavy atom. The van der Waals surface area contributed by atoms with Gasteiger partial charge in [0.05, 0.1) is 6.61 Å². The highest BCUT2D eigenvalue weighted by Gasteiger charge is 2.55. The third-order valence-electron chi connectivity index (χ3n) is 5.17. The standard InChI is InChI=1S/C19H30O2/c1-7-8-19(6)11-14(17(20)21-12-19)10-16-15(9-13(2)3)18(16,4)5/h9-10,15-16H,7-8,11-12H2,1-6H3/b14-10+/t15-,16-,19?/m0/s1. The van der Waals surface area contributed by atoms with Crippen LogP contribution in [-0.4, -0.2) is 12.6 Å². The lowest BCUT2D eigenvalue weighted by atomic mass is 9.78. The molecule has 3 atom stereocenters. The number of carbonyl (C=O) groups excluding carboxylic acids is 1. The molecule has 2 rings (SSSR count). The van der Waals surface area contributed by atoms with E-state index in [4.69, 9.17) is 4.74 Å². The van der Waals surface area contributed by atoms with Crippen LogP contribution < -0.4 is 0 Å². The van der Waals surface area contributed by atoms with Crippen molar-refractivity contribution in [1.29, 1.82) is 0 Å². The molecule has 118 valence electrons. The molecule has 1 saturated heterocycles. The lowest BCUT2D eigenvalue weighted by molar-refractivity contribution is -0.147. The topological polar surface area (TPSA) is 26.3 Å². The Morgan fingerprint density at radius 3 is 2.52 bits per heavy atom. The fourth-order valence-corrected chi connectivity index (χ4v) is 3.74. The maximum Gasteiger partial charge on any atom is 0.333 e. The molecule has 1 unspecified atom stereocenters. The Hall–Kier alpha value is -1.05. The monoisotopic (exact) mass is 290 g/mol. The van der Waals surface area contributed by atoms with Crippen molar-refractivity contribution in [3.05, 3.63) is 23.3 Å². The summed E-state index contributed by atoms with van der Waals surface area (Å²) in [6.07, 6.45) is 7.67. The molecule has 2 aliphatic rings. The van der Waals surface area contributed by atoms with Gasteiger partial charge in [0.1, 0.15) is 0 Å². The SMILES string of the molecule is CCCC1(C)COC(=O)/C(=C/[C@H]2[C@H](C=C(C)C)C2(C)C)C1. The Kier molecular flexibility index (Phi) is 4.37. The Labute approximate surface area is 129 Å². The maximum atomic E-state index is 12.1. The molecule has 0 amide bonds. The highest BCUT2D eigenvalue weighted by Crippen LogP contribution is 2.60. The average molecular weight is 290 g/mol. The normalized spacial score (nSPS) is 36.3. The smallest absolute Gasteiger partial charge is 0.333 e. The summed E-state index contributed by atoms with van der Waals surface area (Å²) in [5.41, 5.74) is 2.65. The maximum absolute atomic E-state index is 12.1. The van der Waals surface area contributed by atoms with E-state index >= 15 is 0 Å². The minimum absolute atomic E-state index is 0.0952. The summed E-state index contributed by atoms with van der Waals surface area (Å²) in [7, 11) is 0. The van der Waals surface area contributed by atoms with E-state index < -0.39 is 0 Å². The molecule has 0 spiro atoms. The average Bonchev–Trinajstić information content (AvgIpc) is 2.85. The minimum atomic E-state index is -0.0952. The number of allylic oxidation sites excluding steroid dienone is 3. The van der Waals surface area contributed by atoms with Gasteiger partial charge in [0, 0.05) is 11.0 Å². The van der Waals surface area contributed by atoms with Crippen LogP contribution in [0.1, 0.15) is 60.8 Å². The molecule has 1 aliphatic carbocycles. The zero-order chi connectivity index (χ0) is 15.8. The van der Waals surface area contributed by atoms with Gasteiger partial charge in [-0.2, -0.15) is 0 Å². The molecular weight excluding hydrogens is 260 g/mol. The van der Waals surface area contributed by atoms with Gasteiger partial charge in [-0.25, -0.2) is 4.79 Å². The highest BCUT2D eigenvalue weighted by molar-refractivity contribution is 5.89. The van der Waals surface area contributed by atoms with Crippen LogP contribution >= 0.6 is 0 Å². The van der Waals surface area contributed by atoms with E-state index in [-0.39, 0.29) is 16.8 Å². The third-order valence-corrected chi connectivity index (χ3v) is 5.17. The number of ether oxygens (including phenoxy) is 1. The fourth-order valence-electron chi connectivity index (χ4n) is 3.74. The van der Waals surface area contributed by atoms with Gasteiger partial charge in [0.2, 0.25) is 0 Å². The molecule has 0 radical (unpaired) electrons. The van der Waals surface area contributed by atoms with Crippen LogP contribution in [-0.2, 0) is 9.53 Å². The lowest BCUT2D eigenvalue weighted by Crippen LogP contribution is -2.33. The van der Waals surface area contributed by atoms with Crippen molar-refractivity contribution in [2.45, 2.75) is 60.8 Å². The molecule has 0 aromatic carbocycles. The fraction of sp³-hybridized carbons (Fsp3) is 0.737. The Morgan fingerprint density at radius 2 is 1.95 bits per heavy atom. The quantitative estimate of drug-likeness (QED) is 0.418. The zero-order valence-electron chi connectivity index (χ0n) is 14.5. The van der Waals surface area contributed by atoms with Gasteiger partial charge in [-0.05, 0) is 43.9 Å². The summed E-state index contributed by atoms with van der Waals surface area (Å²) in [5, 5.41) is 0. The van der Waals surface area contributed by atoms with Crippen LogP contribution in [0.25, 0.3) is 0 Å². The largest absolute Gasteiger partial charge is 0.462 e. The second-order valence-electron chi connectivity index (χ2n) is 8.12. The summed E-state index contributed by atoms with van der Waals surface area (Å²) >= 11 is 0. The van der Waals surface area contributed by atoms with E-state index in [1.165, 1.54) is 5.57 Å². The molecular formula is C19H30O2. The Bertz CT molecular complexity index is 480. The van der Waals surface area contributed by atoms with E-state index in [1.807, 2.05) is 0 Å². The first-order valence-corrected chi connectivity index (χ1v) is 8.22. The zero-order valence-corrected chi connectivity index (χ0v) is 14.5. The summed E-state index contributed by atoms with van der Waals surface area (Å²) < 4.78 is 5.45. The van der Waals surface area contributed by atoms with Crippen LogP contribution in [0.3, 0.4) is 0 Å². The number of cyclic esters (lactones) is 1. The summed E-state index contributed by atoms with van der Waals surface area (Å²) in [4.78, 5) is 12.1. The first-order valence-electron chi connectivity index (χ1n) is 8.22. The molecule has 1 aliphatic heterocycles. The van der Waals surface area contributed by atoms with Crippen LogP contribution in [0.5, 0.6) is 0 Å². The van der Waals surface area contributed by atoms with E-state index in [9.17, 15) is 4.79 Å². The first kappa shape index (κ1) is 16.3. The minimum Gasteiger partial charge on any atom is -0.462 e. The summed E-state index contributed by atoms with van der Waals surface area (Å²) in [5.74, 6) is 0.934. The first-order chi connectivity index (χ1) is 9.69. The van der Waals surface area contributed by atoms with Crippen LogP contribution in [0, 0.1) is 22.7 Å². The van der Waals surface area contributed by atoms with Gasteiger partial charge in [-0.15, -0.1) is 0 Å². The van der Waals surface area contributed by atoms with Crippen LogP contribution in [0.2, 0.25) is 0 Å². The molecule has 1 saturated carbocycles. The predicted octanol–water partition coefficient (Wildman–Crippen LogP) is 4.90. The number of carbonyl (C=O) groups is 1. The molecule has 0 aromatic heterocycles. The molecule has 2 nitrogen and oxygen atoms in total. The van der Waals surface area contributed by atoms with Crippen LogP contribution in [0.15, 0.2) is 23.3 Å². The summed E-state index contributed by atoms with van der Waals surface area (Å²) in [6, 6.07) is 0. The van der Waals surface area contributed by atoms with E-state index in [0.29, 0.717) is 18.4 Å². The molecule has 0 N–H and O–H groups in total. The van der Waals surface area contributed by atoms with Crippen molar-refractivity contribution in [1.82, 2.24) is 0 Å². The second-order valence-corrected chi connectivity index (χ2v) is 8.12. The molecule has 1 heterocycles. The number of hydrogen-bond acceptors (Lipinski definition) is 2. The lowest BCUT2D eigenvalue weighted by Gasteiger charge is -2.33. The third kappa shape index (κ3) is 3.41. The summed E-state index contributed by atoms with van der Waals surface area (Å²) in [6.45, 7) is 13.9. The van der Waals surface area contributed by atoms with Gasteiger partial charge in [-0.1, -0.05) is 51.8 Å². The van der Waals surface area contributed by atoms with Gasteiger partial charge >= 0.3 is 5.97 Å². The van der Waals surface area contributed by atoms with Crippen LogP contribution in [0.4, 0.5) is 0 Å². The number of hydrogen-bond donors (Lipinski definition) is 0. The molecule has 0 bridgehead atoms. The van der Waals surface area contributed by atoms with Crippen molar-refractivity contribution in [3.63, 3.8) is 0 Å². The van der Waals surface area contributed by atoms with Crippen molar-refractivity contribution >= 4 is 5.97 Å². The second kappa shape index (κ2) is 5.62. The van der Waals surface area contributed by atoms with Gasteiger partial charge in [0.25, 0.3) is 0 Å². The molecule has 21 heavy (non-hydrogen) atoms. The van der Waals surface area contributed by atoms with Gasteiger partial charge in [0.15, 0.2) is 0 Å². The van der Waals surface area contributed by atoms with E-state index in [1.54, 1.807) is 0 Å². The molecule has 2 fully saturated rings. The van der Waals surface area contributed by atoms with Crippen molar-refractivity contribution in [2.24, 2.45) is 22.7 Å². The van der Waals surface area contributed by atoms with Crippen molar-refractivity contribution < 1.29 is 9.53 Å². The van der Waals surface area contributed by atoms with E-state index in [2.05, 4.69) is 53.7 Å². The molecule has 0 aromatic rings. The highest BCUT2D eigenvalue weighted by atomic mass is 16.5. The van der Waals surface area contributed by atoms with Crippen molar-refractivity contribution in [3.8, 4) is 0 Å². The van der Waals surface area contributed by atoms with Gasteiger partial charge in [-0.3, -0.25) is 0 Å². The number of rotatable bonds is 4. The van der Waals surface area contributed by atoms with E-state index in [0.717, 1.165) is 24.8 Å². The van der Waals surface area contributed by atoms with Gasteiger partial charge < -0.3 is 4.74 Å².